The van der Waals surface area contributed by atoms with Gasteiger partial charge in [0, 0.05) is 17.5 Å². The highest BCUT2D eigenvalue weighted by Crippen LogP contribution is 2.51. The van der Waals surface area contributed by atoms with Gasteiger partial charge in [0.15, 0.2) is 0 Å². The molecule has 0 radical (unpaired) electrons. The highest BCUT2D eigenvalue weighted by Gasteiger charge is 2.52. The van der Waals surface area contributed by atoms with Crippen molar-refractivity contribution in [1.82, 2.24) is 0 Å². The van der Waals surface area contributed by atoms with E-state index in [-0.39, 0.29) is 10.8 Å². The van der Waals surface area contributed by atoms with E-state index in [9.17, 15) is 0 Å². The highest BCUT2D eigenvalue weighted by molar-refractivity contribution is 5.44. The van der Waals surface area contributed by atoms with Crippen LogP contribution in [0.4, 0.5) is 0 Å². The van der Waals surface area contributed by atoms with Gasteiger partial charge in [-0.15, -0.1) is 0 Å². The zero-order valence-corrected chi connectivity index (χ0v) is 14.1. The monoisotopic (exact) mass is 296 g/mol. The summed E-state index contributed by atoms with van der Waals surface area (Å²) in [4.78, 5) is 0. The predicted octanol–water partition coefficient (Wildman–Crippen LogP) is 3.69. The quantitative estimate of drug-likeness (QED) is 0.884. The van der Waals surface area contributed by atoms with Crippen LogP contribution in [0.2, 0.25) is 0 Å². The first kappa shape index (κ1) is 16.7. The van der Waals surface area contributed by atoms with Gasteiger partial charge in [0.05, 0.1) is 0 Å². The second-order valence-electron chi connectivity index (χ2n) is 7.19. The van der Waals surface area contributed by atoms with E-state index in [1.165, 1.54) is 11.1 Å². The Hall–Kier alpha value is -1.64. The van der Waals surface area contributed by atoms with Gasteiger partial charge >= 0.3 is 0 Å². The molecule has 0 heterocycles. The van der Waals surface area contributed by atoms with Crippen LogP contribution in [-0.4, -0.2) is 12.1 Å². The van der Waals surface area contributed by atoms with Gasteiger partial charge in [-0.3, -0.25) is 0 Å². The van der Waals surface area contributed by atoms with E-state index in [2.05, 4.69) is 76.2 Å². The molecular weight excluding hydrogens is 268 g/mol. The fourth-order valence-electron chi connectivity index (χ4n) is 3.37. The summed E-state index contributed by atoms with van der Waals surface area (Å²) in [5.74, 6) is 0. The average Bonchev–Trinajstić information content (AvgIpc) is 2.49. The molecule has 2 nitrogen and oxygen atoms in total. The molecule has 0 aromatic heterocycles. The maximum absolute atomic E-state index is 6.59. The van der Waals surface area contributed by atoms with Crippen molar-refractivity contribution in [2.45, 2.75) is 38.6 Å². The zero-order chi connectivity index (χ0) is 16.4. The van der Waals surface area contributed by atoms with Crippen molar-refractivity contribution in [2.75, 3.05) is 6.54 Å². The Morgan fingerprint density at radius 3 is 1.36 bits per heavy atom. The van der Waals surface area contributed by atoms with Gasteiger partial charge in [-0.25, -0.2) is 0 Å². The molecule has 0 aliphatic heterocycles. The molecule has 0 saturated heterocycles. The predicted molar refractivity (Wildman–Crippen MR) is 94.8 cm³/mol. The second kappa shape index (κ2) is 5.86. The first-order valence-electron chi connectivity index (χ1n) is 7.87. The zero-order valence-electron chi connectivity index (χ0n) is 14.1. The smallest absolute Gasteiger partial charge is 0.0393 e. The topological polar surface area (TPSA) is 52.0 Å². The van der Waals surface area contributed by atoms with Crippen LogP contribution in [0.3, 0.4) is 0 Å². The van der Waals surface area contributed by atoms with E-state index in [0.29, 0.717) is 6.54 Å². The lowest BCUT2D eigenvalue weighted by Gasteiger charge is -2.54. The fraction of sp³-hybridized carbons (Fsp3) is 0.400. The first-order valence-corrected chi connectivity index (χ1v) is 7.87. The number of rotatable bonds is 5. The Morgan fingerprint density at radius 2 is 1.09 bits per heavy atom. The van der Waals surface area contributed by atoms with Crippen molar-refractivity contribution in [1.29, 1.82) is 0 Å². The maximum atomic E-state index is 6.59. The summed E-state index contributed by atoms with van der Waals surface area (Å²) in [7, 11) is 0. The summed E-state index contributed by atoms with van der Waals surface area (Å²) in [6.45, 7) is 9.13. The van der Waals surface area contributed by atoms with Crippen LogP contribution in [-0.2, 0) is 5.41 Å². The van der Waals surface area contributed by atoms with Gasteiger partial charge in [0.2, 0.25) is 0 Å². The lowest BCUT2D eigenvalue weighted by atomic mass is 9.52. The van der Waals surface area contributed by atoms with Crippen LogP contribution in [0.25, 0.3) is 0 Å². The molecule has 2 heteroatoms. The lowest BCUT2D eigenvalue weighted by molar-refractivity contribution is 0.104. The molecule has 0 aliphatic rings. The largest absolute Gasteiger partial charge is 0.329 e. The first-order chi connectivity index (χ1) is 10.3. The van der Waals surface area contributed by atoms with Crippen LogP contribution in [0.15, 0.2) is 60.7 Å². The molecule has 0 unspecified atom stereocenters. The van der Waals surface area contributed by atoms with Crippen molar-refractivity contribution < 1.29 is 0 Å². The Balaban J connectivity index is 2.80. The Kier molecular flexibility index (Phi) is 4.46. The normalized spacial score (nSPS) is 13.2. The molecule has 0 bridgehead atoms. The van der Waals surface area contributed by atoms with Crippen LogP contribution in [0.5, 0.6) is 0 Å². The van der Waals surface area contributed by atoms with Crippen molar-refractivity contribution in [2.24, 2.45) is 16.9 Å². The molecule has 2 rings (SSSR count). The molecule has 22 heavy (non-hydrogen) atoms. The Morgan fingerprint density at radius 1 is 0.727 bits per heavy atom. The summed E-state index contributed by atoms with van der Waals surface area (Å²) in [5.41, 5.74) is 14.5. The molecule has 0 spiro atoms. The van der Waals surface area contributed by atoms with Gasteiger partial charge in [-0.2, -0.15) is 0 Å². The molecule has 0 saturated carbocycles. The Bertz CT molecular complexity index is 555. The molecule has 0 amide bonds. The Labute approximate surface area is 134 Å². The lowest BCUT2D eigenvalue weighted by Crippen LogP contribution is -2.61. The van der Waals surface area contributed by atoms with Gasteiger partial charge in [-0.1, -0.05) is 74.5 Å². The summed E-state index contributed by atoms with van der Waals surface area (Å²) in [5, 5.41) is 0. The minimum atomic E-state index is -0.391. The average molecular weight is 296 g/mol. The molecule has 4 N–H and O–H groups in total. The summed E-state index contributed by atoms with van der Waals surface area (Å²) < 4.78 is 0. The van der Waals surface area contributed by atoms with E-state index < -0.39 is 5.54 Å². The van der Waals surface area contributed by atoms with Gasteiger partial charge in [0.25, 0.3) is 0 Å². The summed E-state index contributed by atoms with van der Waals surface area (Å²) in [6.07, 6.45) is 0. The molecule has 0 aliphatic carbocycles. The van der Waals surface area contributed by atoms with E-state index in [0.717, 1.165) is 0 Å². The number of nitrogens with two attached hydrogens (primary N) is 2. The third-order valence-corrected chi connectivity index (χ3v) is 5.52. The second-order valence-corrected chi connectivity index (χ2v) is 7.19. The summed E-state index contributed by atoms with van der Waals surface area (Å²) in [6, 6.07) is 21.0. The van der Waals surface area contributed by atoms with Crippen LogP contribution < -0.4 is 11.5 Å². The van der Waals surface area contributed by atoms with Gasteiger partial charge in [0.1, 0.15) is 0 Å². The minimum Gasteiger partial charge on any atom is -0.329 e. The standard InChI is InChI=1S/C20H28N2/c1-18(2,19(3,4)22)20(15-21,16-11-7-5-8-12-16)17-13-9-6-10-14-17/h5-14H,15,21-22H2,1-4H3. The SMILES string of the molecule is CC(C)(N)C(C)(C)C(CN)(c1ccccc1)c1ccccc1. The van der Waals surface area contributed by atoms with Gasteiger partial charge in [-0.05, 0) is 30.4 Å². The molecule has 0 fully saturated rings. The van der Waals surface area contributed by atoms with Crippen molar-refractivity contribution in [3.8, 4) is 0 Å². The number of hydrogen-bond acceptors (Lipinski definition) is 2. The van der Waals surface area contributed by atoms with Crippen molar-refractivity contribution in [3.63, 3.8) is 0 Å². The fourth-order valence-corrected chi connectivity index (χ4v) is 3.37. The maximum Gasteiger partial charge on any atom is 0.0393 e. The van der Waals surface area contributed by atoms with E-state index in [1.807, 2.05) is 12.1 Å². The molecular formula is C20H28N2. The molecule has 0 atom stereocenters. The summed E-state index contributed by atoms with van der Waals surface area (Å²) >= 11 is 0. The molecule has 2 aromatic rings. The molecule has 118 valence electrons. The minimum absolute atomic E-state index is 0.239. The third-order valence-electron chi connectivity index (χ3n) is 5.52. The van der Waals surface area contributed by atoms with Gasteiger partial charge < -0.3 is 11.5 Å². The highest BCUT2D eigenvalue weighted by atomic mass is 14.8. The van der Waals surface area contributed by atoms with Crippen LogP contribution >= 0.6 is 0 Å². The van der Waals surface area contributed by atoms with Crippen LogP contribution in [0, 0.1) is 5.41 Å². The molecule has 2 aromatic carbocycles. The van der Waals surface area contributed by atoms with E-state index >= 15 is 0 Å². The van der Waals surface area contributed by atoms with Crippen molar-refractivity contribution >= 4 is 0 Å². The van der Waals surface area contributed by atoms with Crippen molar-refractivity contribution in [3.05, 3.63) is 71.8 Å². The number of hydrogen-bond donors (Lipinski definition) is 2. The van der Waals surface area contributed by atoms with E-state index in [4.69, 9.17) is 11.5 Å². The third kappa shape index (κ3) is 2.47. The number of benzene rings is 2. The van der Waals surface area contributed by atoms with E-state index in [1.54, 1.807) is 0 Å². The van der Waals surface area contributed by atoms with Crippen LogP contribution in [0.1, 0.15) is 38.8 Å².